The standard InChI is InChI=1S/C39H48F4N4O9/c1-36(2,3)55-34(53)44-19-29(38(40,41)21-44)27(31(48)49)17-23-9-7-11-25(15-23)46-13-14-47(33(46)52)26-12-8-10-24(16-26)18-28(32(50)51)30-20-45(22-39(30,42)43)35(54)56-37(4,5)6/h7-12,15-16,27-30H,13-14,17-22H2,1-6H3,(H,48,49)(H,50,51)/t27-,28-,29?,30?/m0/s1. The normalized spacial score (nSPS) is 21.9. The maximum atomic E-state index is 15.2. The number of hydrogen-bond donors (Lipinski definition) is 2. The Morgan fingerprint density at radius 2 is 1.05 bits per heavy atom. The molecular formula is C39H48F4N4O9. The van der Waals surface area contributed by atoms with Crippen LogP contribution in [0.4, 0.5) is 43.3 Å². The molecule has 3 aliphatic rings. The minimum absolute atomic E-state index is 0.187. The number of benzene rings is 2. The van der Waals surface area contributed by atoms with Gasteiger partial charge in [0.1, 0.15) is 11.2 Å². The van der Waals surface area contributed by atoms with Gasteiger partial charge in [-0.25, -0.2) is 31.9 Å². The molecule has 56 heavy (non-hydrogen) atoms. The van der Waals surface area contributed by atoms with Gasteiger partial charge in [0, 0.05) is 37.6 Å². The molecule has 4 atom stereocenters. The van der Waals surface area contributed by atoms with Crippen molar-refractivity contribution in [2.45, 2.75) is 77.4 Å². The first-order valence-corrected chi connectivity index (χ1v) is 18.3. The van der Waals surface area contributed by atoms with Gasteiger partial charge in [-0.2, -0.15) is 0 Å². The quantitative estimate of drug-likeness (QED) is 0.252. The molecule has 5 rings (SSSR count). The molecule has 0 spiro atoms. The van der Waals surface area contributed by atoms with E-state index in [2.05, 4.69) is 0 Å². The number of aliphatic carboxylic acids is 2. The van der Waals surface area contributed by atoms with E-state index in [-0.39, 0.29) is 25.9 Å². The first kappa shape index (κ1) is 42.1. The van der Waals surface area contributed by atoms with E-state index >= 15 is 17.6 Å². The Labute approximate surface area is 322 Å². The van der Waals surface area contributed by atoms with Crippen LogP contribution in [0.15, 0.2) is 48.5 Å². The van der Waals surface area contributed by atoms with Gasteiger partial charge in [-0.05, 0) is 89.8 Å². The van der Waals surface area contributed by atoms with E-state index < -0.39 is 103 Å². The van der Waals surface area contributed by atoms with Crippen LogP contribution in [-0.4, -0.2) is 112 Å². The van der Waals surface area contributed by atoms with E-state index in [9.17, 15) is 34.2 Å². The molecule has 0 aliphatic carbocycles. The zero-order chi connectivity index (χ0) is 41.5. The van der Waals surface area contributed by atoms with Crippen LogP contribution in [0.5, 0.6) is 0 Å². The Morgan fingerprint density at radius 3 is 1.38 bits per heavy atom. The minimum Gasteiger partial charge on any atom is -0.481 e. The number of carboxylic acid groups (broad SMARTS) is 2. The highest BCUT2D eigenvalue weighted by molar-refractivity contribution is 6.06. The van der Waals surface area contributed by atoms with Gasteiger partial charge in [0.2, 0.25) is 0 Å². The van der Waals surface area contributed by atoms with Gasteiger partial charge < -0.3 is 29.5 Å². The molecular weight excluding hydrogens is 744 g/mol. The number of anilines is 2. The number of carbonyl (C=O) groups is 5. The third-order valence-corrected chi connectivity index (χ3v) is 10.00. The molecule has 306 valence electrons. The lowest BCUT2D eigenvalue weighted by Crippen LogP contribution is -2.38. The summed E-state index contributed by atoms with van der Waals surface area (Å²) in [6.07, 6.45) is -2.53. The van der Waals surface area contributed by atoms with Crippen molar-refractivity contribution < 1.29 is 61.2 Å². The topological polar surface area (TPSA) is 157 Å². The van der Waals surface area contributed by atoms with Gasteiger partial charge in [0.05, 0.1) is 36.8 Å². The summed E-state index contributed by atoms with van der Waals surface area (Å²) >= 11 is 0. The number of amides is 4. The number of carbonyl (C=O) groups excluding carboxylic acids is 3. The highest BCUT2D eigenvalue weighted by atomic mass is 19.3. The monoisotopic (exact) mass is 792 g/mol. The van der Waals surface area contributed by atoms with Crippen LogP contribution in [0.3, 0.4) is 0 Å². The largest absolute Gasteiger partial charge is 0.481 e. The minimum atomic E-state index is -3.50. The third-order valence-electron chi connectivity index (χ3n) is 10.00. The van der Waals surface area contributed by atoms with Crippen LogP contribution in [0.1, 0.15) is 52.7 Å². The van der Waals surface area contributed by atoms with Crippen molar-refractivity contribution in [3.8, 4) is 0 Å². The molecule has 3 fully saturated rings. The van der Waals surface area contributed by atoms with E-state index in [1.807, 2.05) is 0 Å². The number of rotatable bonds is 10. The van der Waals surface area contributed by atoms with E-state index in [4.69, 9.17) is 9.47 Å². The van der Waals surface area contributed by atoms with Gasteiger partial charge >= 0.3 is 30.2 Å². The van der Waals surface area contributed by atoms with Crippen molar-refractivity contribution in [2.24, 2.45) is 23.7 Å². The smallest absolute Gasteiger partial charge is 0.410 e. The summed E-state index contributed by atoms with van der Waals surface area (Å²) in [4.78, 5) is 68.1. The predicted molar refractivity (Wildman–Crippen MR) is 195 cm³/mol. The van der Waals surface area contributed by atoms with Gasteiger partial charge in [0.25, 0.3) is 11.8 Å². The average molecular weight is 793 g/mol. The molecule has 3 heterocycles. The molecule has 3 aliphatic heterocycles. The fraction of sp³-hybridized carbons (Fsp3) is 0.564. The van der Waals surface area contributed by atoms with Crippen LogP contribution in [0, 0.1) is 23.7 Å². The zero-order valence-electron chi connectivity index (χ0n) is 32.1. The van der Waals surface area contributed by atoms with Gasteiger partial charge in [-0.3, -0.25) is 19.4 Å². The van der Waals surface area contributed by atoms with Crippen molar-refractivity contribution >= 4 is 41.5 Å². The second-order valence-corrected chi connectivity index (χ2v) is 16.7. The molecule has 17 heteroatoms. The number of nitrogens with zero attached hydrogens (tertiary/aromatic N) is 4. The summed E-state index contributed by atoms with van der Waals surface area (Å²) in [6.45, 7) is 6.94. The first-order valence-electron chi connectivity index (χ1n) is 18.3. The van der Waals surface area contributed by atoms with E-state index in [0.29, 0.717) is 22.5 Å². The molecule has 0 bridgehead atoms. The van der Waals surface area contributed by atoms with Crippen molar-refractivity contribution in [2.75, 3.05) is 49.1 Å². The number of hydrogen-bond acceptors (Lipinski definition) is 7. The maximum absolute atomic E-state index is 15.2. The van der Waals surface area contributed by atoms with Crippen LogP contribution in [0.25, 0.3) is 0 Å². The Morgan fingerprint density at radius 1 is 0.696 bits per heavy atom. The predicted octanol–water partition coefficient (Wildman–Crippen LogP) is 6.62. The van der Waals surface area contributed by atoms with Gasteiger partial charge in [-0.15, -0.1) is 0 Å². The number of halogens is 4. The number of likely N-dealkylation sites (tertiary alicyclic amines) is 2. The highest BCUT2D eigenvalue weighted by Crippen LogP contribution is 2.42. The van der Waals surface area contributed by atoms with Crippen molar-refractivity contribution in [1.29, 1.82) is 0 Å². The summed E-state index contributed by atoms with van der Waals surface area (Å²) in [5, 5.41) is 20.1. The Balaban J connectivity index is 1.28. The lowest BCUT2D eigenvalue weighted by atomic mass is 9.84. The molecule has 4 amide bonds. The van der Waals surface area contributed by atoms with E-state index in [0.717, 1.165) is 9.80 Å². The van der Waals surface area contributed by atoms with Crippen LogP contribution in [0.2, 0.25) is 0 Å². The number of alkyl halides is 4. The van der Waals surface area contributed by atoms with Crippen LogP contribution >= 0.6 is 0 Å². The molecule has 0 saturated carbocycles. The zero-order valence-corrected chi connectivity index (χ0v) is 32.1. The SMILES string of the molecule is CC(C)(C)OC(=O)N1CC([C@H](Cc2cccc(N3CCN(c4cccc(C[C@H](C(=O)O)C5CN(C(=O)OC(C)(C)C)CC5(F)F)c4)C3=O)c2)C(=O)O)C(F)(F)C1. The fourth-order valence-electron chi connectivity index (χ4n) is 7.42. The molecule has 2 aromatic rings. The maximum Gasteiger partial charge on any atom is 0.410 e. The molecule has 2 unspecified atom stereocenters. The molecule has 0 aromatic heterocycles. The summed E-state index contributed by atoms with van der Waals surface area (Å²) < 4.78 is 71.4. The van der Waals surface area contributed by atoms with Crippen LogP contribution < -0.4 is 9.80 Å². The van der Waals surface area contributed by atoms with Crippen LogP contribution in [-0.2, 0) is 31.9 Å². The molecule has 0 radical (unpaired) electrons. The van der Waals surface area contributed by atoms with Gasteiger partial charge in [0.15, 0.2) is 0 Å². The van der Waals surface area contributed by atoms with Crippen molar-refractivity contribution in [3.63, 3.8) is 0 Å². The third kappa shape index (κ3) is 9.64. The van der Waals surface area contributed by atoms with Crippen molar-refractivity contribution in [3.05, 3.63) is 59.7 Å². The van der Waals surface area contributed by atoms with Gasteiger partial charge in [-0.1, -0.05) is 24.3 Å². The number of carboxylic acids is 2. The number of urea groups is 1. The fourth-order valence-corrected chi connectivity index (χ4v) is 7.42. The second kappa shape index (κ2) is 15.4. The summed E-state index contributed by atoms with van der Waals surface area (Å²) in [5.41, 5.74) is -0.348. The Bertz CT molecular complexity index is 1720. The molecule has 2 aromatic carbocycles. The molecule has 3 saturated heterocycles. The summed E-state index contributed by atoms with van der Waals surface area (Å²) in [7, 11) is 0. The highest BCUT2D eigenvalue weighted by Gasteiger charge is 2.56. The first-order chi connectivity index (χ1) is 25.8. The average Bonchev–Trinajstić information content (AvgIpc) is 3.72. The lowest BCUT2D eigenvalue weighted by Gasteiger charge is -2.25. The lowest BCUT2D eigenvalue weighted by molar-refractivity contribution is -0.149. The Kier molecular flexibility index (Phi) is 11.6. The second-order valence-electron chi connectivity index (χ2n) is 16.7. The summed E-state index contributed by atoms with van der Waals surface area (Å²) in [6, 6.07) is 12.1. The molecule has 2 N–H and O–H groups in total. The van der Waals surface area contributed by atoms with Crippen molar-refractivity contribution in [1.82, 2.24) is 9.80 Å². The summed E-state index contributed by atoms with van der Waals surface area (Å²) in [5.74, 6) is -16.5. The number of ether oxygens (including phenoxy) is 2. The van der Waals surface area contributed by atoms with E-state index in [1.165, 1.54) is 9.80 Å². The van der Waals surface area contributed by atoms with E-state index in [1.54, 1.807) is 90.1 Å². The molecule has 13 nitrogen and oxygen atoms in total. The Hall–Kier alpha value is -5.09.